The van der Waals surface area contributed by atoms with Crippen molar-refractivity contribution in [3.63, 3.8) is 0 Å². The van der Waals surface area contributed by atoms with E-state index in [2.05, 4.69) is 5.32 Å². The van der Waals surface area contributed by atoms with E-state index in [-0.39, 0.29) is 27.2 Å². The van der Waals surface area contributed by atoms with Crippen molar-refractivity contribution in [1.82, 2.24) is 0 Å². The molecule has 96 valence electrons. The van der Waals surface area contributed by atoms with Gasteiger partial charge >= 0.3 is 5.97 Å². The minimum absolute atomic E-state index is 0.100. The SMILES string of the molecule is O=C(CC1CC1)Nc1c(Cl)cc(Cl)cc1C(=O)O. The van der Waals surface area contributed by atoms with Crippen LogP contribution in [0.15, 0.2) is 12.1 Å². The van der Waals surface area contributed by atoms with Gasteiger partial charge in [0.2, 0.25) is 5.91 Å². The van der Waals surface area contributed by atoms with E-state index in [9.17, 15) is 9.59 Å². The van der Waals surface area contributed by atoms with E-state index >= 15 is 0 Å². The lowest BCUT2D eigenvalue weighted by molar-refractivity contribution is -0.116. The lowest BCUT2D eigenvalue weighted by Gasteiger charge is -2.10. The van der Waals surface area contributed by atoms with E-state index in [0.717, 1.165) is 12.8 Å². The van der Waals surface area contributed by atoms with Crippen LogP contribution in [0.1, 0.15) is 29.6 Å². The Morgan fingerprint density at radius 1 is 1.33 bits per heavy atom. The van der Waals surface area contributed by atoms with Crippen LogP contribution < -0.4 is 5.32 Å². The van der Waals surface area contributed by atoms with Crippen LogP contribution in [0, 0.1) is 5.92 Å². The summed E-state index contributed by atoms with van der Waals surface area (Å²) in [7, 11) is 0. The van der Waals surface area contributed by atoms with Crippen LogP contribution in [0.4, 0.5) is 5.69 Å². The minimum Gasteiger partial charge on any atom is -0.478 e. The highest BCUT2D eigenvalue weighted by Gasteiger charge is 2.25. The van der Waals surface area contributed by atoms with Crippen LogP contribution in [0.2, 0.25) is 10.0 Å². The van der Waals surface area contributed by atoms with Gasteiger partial charge in [-0.05, 0) is 30.9 Å². The highest BCUT2D eigenvalue weighted by atomic mass is 35.5. The third-order valence-electron chi connectivity index (χ3n) is 2.72. The number of carbonyl (C=O) groups excluding carboxylic acids is 1. The summed E-state index contributed by atoms with van der Waals surface area (Å²) >= 11 is 11.6. The number of amides is 1. The Hall–Kier alpha value is -1.26. The van der Waals surface area contributed by atoms with E-state index in [1.807, 2.05) is 0 Å². The summed E-state index contributed by atoms with van der Waals surface area (Å²) in [6.07, 6.45) is 2.50. The molecule has 0 unspecified atom stereocenters. The Balaban J connectivity index is 2.24. The largest absolute Gasteiger partial charge is 0.478 e. The Kier molecular flexibility index (Phi) is 3.78. The number of nitrogens with one attached hydrogen (secondary N) is 1. The third-order valence-corrected chi connectivity index (χ3v) is 3.24. The minimum atomic E-state index is -1.18. The van der Waals surface area contributed by atoms with E-state index in [0.29, 0.717) is 12.3 Å². The van der Waals surface area contributed by atoms with Gasteiger partial charge in [-0.15, -0.1) is 0 Å². The lowest BCUT2D eigenvalue weighted by Crippen LogP contribution is -2.15. The number of carboxylic acids is 1. The molecule has 1 aliphatic carbocycles. The van der Waals surface area contributed by atoms with Crippen LogP contribution >= 0.6 is 23.2 Å². The van der Waals surface area contributed by atoms with Gasteiger partial charge in [0.15, 0.2) is 0 Å². The van der Waals surface area contributed by atoms with Gasteiger partial charge in [0.1, 0.15) is 0 Å². The molecule has 0 saturated heterocycles. The van der Waals surface area contributed by atoms with Crippen LogP contribution in [0.5, 0.6) is 0 Å². The molecule has 0 heterocycles. The van der Waals surface area contributed by atoms with Crippen molar-refractivity contribution in [2.75, 3.05) is 5.32 Å². The Bertz CT molecular complexity index is 512. The van der Waals surface area contributed by atoms with Crippen LogP contribution in [-0.2, 0) is 4.79 Å². The van der Waals surface area contributed by atoms with E-state index in [4.69, 9.17) is 28.3 Å². The average Bonchev–Trinajstić information content (AvgIpc) is 3.05. The molecule has 1 aliphatic rings. The average molecular weight is 288 g/mol. The maximum atomic E-state index is 11.7. The summed E-state index contributed by atoms with van der Waals surface area (Å²) in [5, 5.41) is 12.0. The van der Waals surface area contributed by atoms with Crippen LogP contribution in [-0.4, -0.2) is 17.0 Å². The van der Waals surface area contributed by atoms with Crippen LogP contribution in [0.3, 0.4) is 0 Å². The molecule has 6 heteroatoms. The fourth-order valence-electron chi connectivity index (χ4n) is 1.64. The molecule has 2 N–H and O–H groups in total. The van der Waals surface area contributed by atoms with Crippen molar-refractivity contribution in [3.05, 3.63) is 27.7 Å². The molecule has 2 rings (SSSR count). The summed E-state index contributed by atoms with van der Waals surface area (Å²) in [6, 6.07) is 2.67. The highest BCUT2D eigenvalue weighted by Crippen LogP contribution is 2.34. The maximum Gasteiger partial charge on any atom is 0.337 e. The normalized spacial score (nSPS) is 14.3. The first-order valence-electron chi connectivity index (χ1n) is 5.49. The first kappa shape index (κ1) is 13.2. The lowest BCUT2D eigenvalue weighted by atomic mass is 10.1. The van der Waals surface area contributed by atoms with Gasteiger partial charge in [-0.2, -0.15) is 0 Å². The number of hydrogen-bond acceptors (Lipinski definition) is 2. The molecule has 0 aliphatic heterocycles. The van der Waals surface area contributed by atoms with Gasteiger partial charge in [-0.25, -0.2) is 4.79 Å². The summed E-state index contributed by atoms with van der Waals surface area (Å²) in [5.41, 5.74) is 0.0101. The topological polar surface area (TPSA) is 66.4 Å². The molecule has 0 aromatic heterocycles. The Labute approximate surface area is 114 Å². The van der Waals surface area contributed by atoms with Gasteiger partial charge in [0, 0.05) is 11.4 Å². The van der Waals surface area contributed by atoms with E-state index in [1.165, 1.54) is 12.1 Å². The predicted molar refractivity (Wildman–Crippen MR) is 69.4 cm³/mol. The number of rotatable bonds is 4. The fourth-order valence-corrected chi connectivity index (χ4v) is 2.18. The predicted octanol–water partition coefficient (Wildman–Crippen LogP) is 3.43. The maximum absolute atomic E-state index is 11.7. The summed E-state index contributed by atoms with van der Waals surface area (Å²) in [6.45, 7) is 0. The molecule has 4 nitrogen and oxygen atoms in total. The van der Waals surface area contributed by atoms with Crippen molar-refractivity contribution in [2.45, 2.75) is 19.3 Å². The highest BCUT2D eigenvalue weighted by molar-refractivity contribution is 6.37. The second-order valence-corrected chi connectivity index (χ2v) is 5.15. The number of carbonyl (C=O) groups is 2. The number of benzene rings is 1. The van der Waals surface area contributed by atoms with Gasteiger partial charge in [0.05, 0.1) is 16.3 Å². The number of anilines is 1. The van der Waals surface area contributed by atoms with Crippen molar-refractivity contribution >= 4 is 40.8 Å². The van der Waals surface area contributed by atoms with Gasteiger partial charge in [-0.3, -0.25) is 4.79 Å². The second-order valence-electron chi connectivity index (χ2n) is 4.31. The molecule has 0 atom stereocenters. The molecule has 1 aromatic carbocycles. The fraction of sp³-hybridized carbons (Fsp3) is 0.333. The van der Waals surface area contributed by atoms with Crippen molar-refractivity contribution < 1.29 is 14.7 Å². The van der Waals surface area contributed by atoms with Gasteiger partial charge in [-0.1, -0.05) is 23.2 Å². The zero-order valence-electron chi connectivity index (χ0n) is 9.37. The Morgan fingerprint density at radius 3 is 2.56 bits per heavy atom. The standard InChI is InChI=1S/C12H11Cl2NO3/c13-7-4-8(12(17)18)11(9(14)5-7)15-10(16)3-6-1-2-6/h4-6H,1-3H2,(H,15,16)(H,17,18). The molecule has 1 fully saturated rings. The molecule has 1 aromatic rings. The van der Waals surface area contributed by atoms with E-state index < -0.39 is 5.97 Å². The quantitative estimate of drug-likeness (QED) is 0.892. The number of hydrogen-bond donors (Lipinski definition) is 2. The molecular formula is C12H11Cl2NO3. The smallest absolute Gasteiger partial charge is 0.337 e. The molecule has 1 saturated carbocycles. The summed E-state index contributed by atoms with van der Waals surface area (Å²) in [5.74, 6) is -0.977. The molecule has 0 spiro atoms. The van der Waals surface area contributed by atoms with Crippen molar-refractivity contribution in [2.24, 2.45) is 5.92 Å². The zero-order chi connectivity index (χ0) is 13.3. The number of carboxylic acid groups (broad SMARTS) is 1. The second kappa shape index (κ2) is 5.16. The summed E-state index contributed by atoms with van der Waals surface area (Å²) < 4.78 is 0. The van der Waals surface area contributed by atoms with Gasteiger partial charge < -0.3 is 10.4 Å². The monoisotopic (exact) mass is 287 g/mol. The molecule has 18 heavy (non-hydrogen) atoms. The first-order chi connectivity index (χ1) is 8.47. The van der Waals surface area contributed by atoms with E-state index in [1.54, 1.807) is 0 Å². The van der Waals surface area contributed by atoms with Crippen molar-refractivity contribution in [3.8, 4) is 0 Å². The molecule has 0 radical (unpaired) electrons. The number of halogens is 2. The van der Waals surface area contributed by atoms with Crippen molar-refractivity contribution in [1.29, 1.82) is 0 Å². The molecular weight excluding hydrogens is 277 g/mol. The summed E-state index contributed by atoms with van der Waals surface area (Å²) in [4.78, 5) is 22.8. The molecule has 1 amide bonds. The zero-order valence-corrected chi connectivity index (χ0v) is 10.9. The van der Waals surface area contributed by atoms with Crippen LogP contribution in [0.25, 0.3) is 0 Å². The third kappa shape index (κ3) is 3.15. The Morgan fingerprint density at radius 2 is 2.00 bits per heavy atom. The van der Waals surface area contributed by atoms with Gasteiger partial charge in [0.25, 0.3) is 0 Å². The molecule has 0 bridgehead atoms. The first-order valence-corrected chi connectivity index (χ1v) is 6.25. The number of aromatic carboxylic acids is 1.